The van der Waals surface area contributed by atoms with Gasteiger partial charge in [-0.15, -0.1) is 0 Å². The molecule has 6 heteroatoms. The summed E-state index contributed by atoms with van der Waals surface area (Å²) in [6, 6.07) is 14.8. The van der Waals surface area contributed by atoms with Crippen molar-refractivity contribution in [1.29, 1.82) is 0 Å². The number of fused-ring (bicyclic) bond motifs is 1. The van der Waals surface area contributed by atoms with E-state index in [1.807, 2.05) is 48.0 Å². The number of hydrogen-bond donors (Lipinski definition) is 0. The predicted molar refractivity (Wildman–Crippen MR) is 88.3 cm³/mol. The fourth-order valence-electron chi connectivity index (χ4n) is 2.06. The molecule has 0 spiro atoms. The fraction of sp³-hybridized carbons (Fsp3) is 0.125. The Morgan fingerprint density at radius 2 is 2.00 bits per heavy atom. The lowest BCUT2D eigenvalue weighted by Gasteiger charge is -2.02. The Labute approximate surface area is 136 Å². The van der Waals surface area contributed by atoms with Crippen LogP contribution < -0.4 is 9.54 Å². The number of nitrogens with zero attached hydrogens (tertiary/aromatic N) is 2. The number of aryl methyl sites for hydroxylation is 1. The zero-order valence-electron chi connectivity index (χ0n) is 11.8. The molecule has 1 heterocycles. The minimum atomic E-state index is -0.331. The van der Waals surface area contributed by atoms with Crippen molar-refractivity contribution in [3.63, 3.8) is 0 Å². The molecule has 3 aromatic rings. The molecule has 112 valence electrons. The van der Waals surface area contributed by atoms with Crippen molar-refractivity contribution in [1.82, 2.24) is 4.57 Å². The van der Waals surface area contributed by atoms with E-state index in [4.69, 9.17) is 16.3 Å². The van der Waals surface area contributed by atoms with Gasteiger partial charge in [-0.05, 0) is 24.3 Å². The quantitative estimate of drug-likeness (QED) is 0.737. The van der Waals surface area contributed by atoms with Gasteiger partial charge in [-0.2, -0.15) is 4.99 Å². The second kappa shape index (κ2) is 6.34. The van der Waals surface area contributed by atoms with Crippen molar-refractivity contribution < 1.29 is 9.53 Å². The van der Waals surface area contributed by atoms with Gasteiger partial charge >= 0.3 is 0 Å². The standard InChI is InChI=1S/C16H13ClN2O2S/c1-19-15-12(17)8-5-9-13(15)22-16(19)18-14(20)10-21-11-6-3-2-4-7-11/h2-9H,10H2,1H3. The molecule has 0 bridgehead atoms. The molecular formula is C16H13ClN2O2S. The number of hydrogen-bond acceptors (Lipinski definition) is 3. The summed E-state index contributed by atoms with van der Waals surface area (Å²) in [6.45, 7) is -0.0913. The minimum absolute atomic E-state index is 0.0913. The van der Waals surface area contributed by atoms with E-state index in [0.29, 0.717) is 15.6 Å². The smallest absolute Gasteiger partial charge is 0.286 e. The third-order valence-corrected chi connectivity index (χ3v) is 4.50. The number of thiazole rings is 1. The molecule has 0 unspecified atom stereocenters. The number of amides is 1. The van der Waals surface area contributed by atoms with Crippen LogP contribution in [0.2, 0.25) is 5.02 Å². The zero-order valence-corrected chi connectivity index (χ0v) is 13.4. The van der Waals surface area contributed by atoms with E-state index >= 15 is 0 Å². The first-order valence-electron chi connectivity index (χ1n) is 6.64. The summed E-state index contributed by atoms with van der Waals surface area (Å²) in [5.74, 6) is 0.317. The van der Waals surface area contributed by atoms with Crippen LogP contribution in [0.15, 0.2) is 53.5 Å². The topological polar surface area (TPSA) is 43.6 Å². The highest BCUT2D eigenvalue weighted by Gasteiger charge is 2.08. The number of carbonyl (C=O) groups is 1. The van der Waals surface area contributed by atoms with Crippen molar-refractivity contribution >= 4 is 39.1 Å². The van der Waals surface area contributed by atoms with Crippen molar-refractivity contribution in [3.8, 4) is 5.75 Å². The Bertz CT molecular complexity index is 884. The Kier molecular flexibility index (Phi) is 4.27. The van der Waals surface area contributed by atoms with Crippen LogP contribution in [0.3, 0.4) is 0 Å². The Hall–Kier alpha value is -2.11. The van der Waals surface area contributed by atoms with Crippen molar-refractivity contribution in [2.24, 2.45) is 12.0 Å². The Balaban J connectivity index is 1.84. The molecule has 4 nitrogen and oxygen atoms in total. The van der Waals surface area contributed by atoms with Crippen LogP contribution in [0.25, 0.3) is 10.2 Å². The zero-order chi connectivity index (χ0) is 15.5. The summed E-state index contributed by atoms with van der Waals surface area (Å²) in [5, 5.41) is 0.644. The van der Waals surface area contributed by atoms with Gasteiger partial charge in [0.05, 0.1) is 15.2 Å². The number of benzene rings is 2. The number of ether oxygens (including phenoxy) is 1. The summed E-state index contributed by atoms with van der Waals surface area (Å²) in [4.78, 5) is 16.7. The van der Waals surface area contributed by atoms with Gasteiger partial charge in [0.2, 0.25) is 0 Å². The maximum atomic E-state index is 12.0. The molecule has 22 heavy (non-hydrogen) atoms. The highest BCUT2D eigenvalue weighted by atomic mass is 35.5. The molecule has 1 amide bonds. The highest BCUT2D eigenvalue weighted by Crippen LogP contribution is 2.24. The van der Waals surface area contributed by atoms with Crippen LogP contribution >= 0.6 is 22.9 Å². The lowest BCUT2D eigenvalue weighted by atomic mass is 10.3. The maximum absolute atomic E-state index is 12.0. The van der Waals surface area contributed by atoms with Crippen LogP contribution in [-0.2, 0) is 11.8 Å². The summed E-state index contributed by atoms with van der Waals surface area (Å²) < 4.78 is 8.22. The van der Waals surface area contributed by atoms with Crippen LogP contribution in [0.1, 0.15) is 0 Å². The van der Waals surface area contributed by atoms with Crippen molar-refractivity contribution in [2.75, 3.05) is 6.61 Å². The largest absolute Gasteiger partial charge is 0.484 e. The first-order chi connectivity index (χ1) is 10.6. The van der Waals surface area contributed by atoms with E-state index in [9.17, 15) is 4.79 Å². The molecule has 1 aromatic heterocycles. The molecule has 0 radical (unpaired) electrons. The van der Waals surface area contributed by atoms with E-state index in [1.54, 1.807) is 12.1 Å². The average Bonchev–Trinajstić information content (AvgIpc) is 2.84. The molecule has 0 aliphatic heterocycles. The number of carbonyl (C=O) groups excluding carboxylic acids is 1. The van der Waals surface area contributed by atoms with Gasteiger partial charge in [-0.3, -0.25) is 4.79 Å². The summed E-state index contributed by atoms with van der Waals surface area (Å²) in [5.41, 5.74) is 0.879. The molecule has 0 aliphatic rings. The SMILES string of the molecule is Cn1c(=NC(=O)COc2ccccc2)sc2cccc(Cl)c21. The van der Waals surface area contributed by atoms with E-state index in [-0.39, 0.29) is 12.5 Å². The van der Waals surface area contributed by atoms with Gasteiger partial charge in [-0.1, -0.05) is 47.2 Å². The number of aromatic nitrogens is 1. The number of rotatable bonds is 3. The van der Waals surface area contributed by atoms with Gasteiger partial charge in [0, 0.05) is 7.05 Å². The lowest BCUT2D eigenvalue weighted by molar-refractivity contribution is -0.120. The van der Waals surface area contributed by atoms with E-state index in [1.165, 1.54) is 11.3 Å². The van der Waals surface area contributed by atoms with Gasteiger partial charge in [-0.25, -0.2) is 0 Å². The predicted octanol–water partition coefficient (Wildman–Crippen LogP) is 3.40. The third kappa shape index (κ3) is 3.05. The normalized spacial score (nSPS) is 11.8. The summed E-state index contributed by atoms with van der Waals surface area (Å²) >= 11 is 7.61. The van der Waals surface area contributed by atoms with E-state index in [0.717, 1.165) is 10.2 Å². The molecule has 0 saturated carbocycles. The second-order valence-corrected chi connectivity index (χ2v) is 6.05. The van der Waals surface area contributed by atoms with Gasteiger partial charge in [0.25, 0.3) is 5.91 Å². The molecule has 2 aromatic carbocycles. The molecule has 0 fully saturated rings. The molecule has 0 aliphatic carbocycles. The summed E-state index contributed by atoms with van der Waals surface area (Å²) in [6.07, 6.45) is 0. The van der Waals surface area contributed by atoms with E-state index in [2.05, 4.69) is 4.99 Å². The lowest BCUT2D eigenvalue weighted by Crippen LogP contribution is -2.17. The van der Waals surface area contributed by atoms with Gasteiger partial charge in [0.1, 0.15) is 5.75 Å². The first kappa shape index (κ1) is 14.8. The molecular weight excluding hydrogens is 320 g/mol. The van der Waals surface area contributed by atoms with E-state index < -0.39 is 0 Å². The summed E-state index contributed by atoms with van der Waals surface area (Å²) in [7, 11) is 1.84. The van der Waals surface area contributed by atoms with Crippen LogP contribution in [0.5, 0.6) is 5.75 Å². The van der Waals surface area contributed by atoms with Gasteiger partial charge < -0.3 is 9.30 Å². The van der Waals surface area contributed by atoms with Crippen molar-refractivity contribution in [3.05, 3.63) is 58.4 Å². The molecule has 3 rings (SSSR count). The molecule has 0 N–H and O–H groups in total. The monoisotopic (exact) mass is 332 g/mol. The van der Waals surface area contributed by atoms with Crippen molar-refractivity contribution in [2.45, 2.75) is 0 Å². The Morgan fingerprint density at radius 3 is 2.73 bits per heavy atom. The third-order valence-electron chi connectivity index (χ3n) is 3.10. The average molecular weight is 333 g/mol. The van der Waals surface area contributed by atoms with Crippen LogP contribution in [0.4, 0.5) is 0 Å². The number of para-hydroxylation sites is 2. The Morgan fingerprint density at radius 1 is 1.23 bits per heavy atom. The molecule has 0 atom stereocenters. The maximum Gasteiger partial charge on any atom is 0.286 e. The highest BCUT2D eigenvalue weighted by molar-refractivity contribution is 7.16. The number of halogens is 1. The second-order valence-electron chi connectivity index (χ2n) is 4.64. The minimum Gasteiger partial charge on any atom is -0.484 e. The van der Waals surface area contributed by atoms with Crippen LogP contribution in [0, 0.1) is 0 Å². The molecule has 0 saturated heterocycles. The van der Waals surface area contributed by atoms with Gasteiger partial charge in [0.15, 0.2) is 11.4 Å². The first-order valence-corrected chi connectivity index (χ1v) is 7.84. The fourth-order valence-corrected chi connectivity index (χ4v) is 3.48. The van der Waals surface area contributed by atoms with Crippen LogP contribution in [-0.4, -0.2) is 17.1 Å².